The van der Waals surface area contributed by atoms with Gasteiger partial charge in [-0.15, -0.1) is 0 Å². The van der Waals surface area contributed by atoms with Crippen LogP contribution in [-0.4, -0.2) is 14.5 Å². The van der Waals surface area contributed by atoms with E-state index in [-0.39, 0.29) is 11.7 Å². The summed E-state index contributed by atoms with van der Waals surface area (Å²) in [5.41, 5.74) is 2.56. The van der Waals surface area contributed by atoms with Gasteiger partial charge in [-0.05, 0) is 31.4 Å². The summed E-state index contributed by atoms with van der Waals surface area (Å²) in [6.45, 7) is 8.18. The van der Waals surface area contributed by atoms with Crippen LogP contribution in [0.2, 0.25) is 0 Å². The SMILES string of the molecule is CC(C)c1cnc2cnc(=O)n(C(C)C)c2c1. The van der Waals surface area contributed by atoms with Crippen molar-refractivity contribution in [1.82, 2.24) is 14.5 Å². The van der Waals surface area contributed by atoms with Crippen molar-refractivity contribution >= 4 is 11.0 Å². The van der Waals surface area contributed by atoms with Gasteiger partial charge in [-0.1, -0.05) is 13.8 Å². The van der Waals surface area contributed by atoms with Crippen LogP contribution in [0.15, 0.2) is 23.3 Å². The molecule has 2 rings (SSSR count). The zero-order chi connectivity index (χ0) is 12.6. The van der Waals surface area contributed by atoms with E-state index in [0.29, 0.717) is 5.92 Å². The Bertz CT molecular complexity index is 599. The molecule has 17 heavy (non-hydrogen) atoms. The molecule has 2 aromatic heterocycles. The molecule has 0 saturated carbocycles. The van der Waals surface area contributed by atoms with Crippen molar-refractivity contribution in [2.45, 2.75) is 39.7 Å². The van der Waals surface area contributed by atoms with Gasteiger partial charge >= 0.3 is 5.69 Å². The van der Waals surface area contributed by atoms with E-state index in [2.05, 4.69) is 23.8 Å². The van der Waals surface area contributed by atoms with Gasteiger partial charge in [0.05, 0.1) is 11.7 Å². The largest absolute Gasteiger partial charge is 0.348 e. The van der Waals surface area contributed by atoms with Crippen LogP contribution in [0.1, 0.15) is 45.2 Å². The number of hydrogen-bond donors (Lipinski definition) is 0. The zero-order valence-corrected chi connectivity index (χ0v) is 10.6. The van der Waals surface area contributed by atoms with Gasteiger partial charge in [-0.2, -0.15) is 4.98 Å². The molecule has 0 spiro atoms. The van der Waals surface area contributed by atoms with E-state index in [9.17, 15) is 4.79 Å². The van der Waals surface area contributed by atoms with E-state index >= 15 is 0 Å². The Balaban J connectivity index is 2.81. The first kappa shape index (κ1) is 11.8. The summed E-state index contributed by atoms with van der Waals surface area (Å²) in [5, 5.41) is 0. The maximum Gasteiger partial charge on any atom is 0.348 e. The van der Waals surface area contributed by atoms with E-state index < -0.39 is 0 Å². The molecule has 0 radical (unpaired) electrons. The summed E-state index contributed by atoms with van der Waals surface area (Å²) >= 11 is 0. The maximum atomic E-state index is 11.8. The van der Waals surface area contributed by atoms with Crippen LogP contribution < -0.4 is 5.69 Å². The van der Waals surface area contributed by atoms with E-state index in [1.807, 2.05) is 26.1 Å². The third-order valence-electron chi connectivity index (χ3n) is 2.86. The molecule has 2 aromatic rings. The van der Waals surface area contributed by atoms with Crippen molar-refractivity contribution in [1.29, 1.82) is 0 Å². The fraction of sp³-hybridized carbons (Fsp3) is 0.462. The zero-order valence-electron chi connectivity index (χ0n) is 10.6. The van der Waals surface area contributed by atoms with E-state index in [1.165, 1.54) is 0 Å². The second kappa shape index (κ2) is 4.28. The molecular formula is C13H17N3O. The molecule has 90 valence electrons. The first-order chi connectivity index (χ1) is 8.00. The summed E-state index contributed by atoms with van der Waals surface area (Å²) in [7, 11) is 0. The van der Waals surface area contributed by atoms with Crippen LogP contribution in [0.25, 0.3) is 11.0 Å². The fourth-order valence-corrected chi connectivity index (χ4v) is 1.87. The first-order valence-electron chi connectivity index (χ1n) is 5.88. The Labute approximate surface area is 100 Å². The van der Waals surface area contributed by atoms with Crippen molar-refractivity contribution in [2.75, 3.05) is 0 Å². The number of fused-ring (bicyclic) bond motifs is 1. The highest BCUT2D eigenvalue weighted by atomic mass is 16.1. The molecule has 0 amide bonds. The number of nitrogens with zero attached hydrogens (tertiary/aromatic N) is 3. The molecule has 0 aromatic carbocycles. The van der Waals surface area contributed by atoms with Crippen LogP contribution in [0, 0.1) is 0 Å². The quantitative estimate of drug-likeness (QED) is 0.797. The summed E-state index contributed by atoms with van der Waals surface area (Å²) in [6.07, 6.45) is 3.39. The van der Waals surface area contributed by atoms with Gasteiger partial charge in [0.1, 0.15) is 5.52 Å². The van der Waals surface area contributed by atoms with Gasteiger partial charge in [-0.3, -0.25) is 9.55 Å². The van der Waals surface area contributed by atoms with Crippen molar-refractivity contribution in [3.8, 4) is 0 Å². The van der Waals surface area contributed by atoms with Gasteiger partial charge < -0.3 is 0 Å². The Morgan fingerprint density at radius 3 is 2.41 bits per heavy atom. The Morgan fingerprint density at radius 1 is 1.12 bits per heavy atom. The van der Waals surface area contributed by atoms with Gasteiger partial charge in [0.25, 0.3) is 0 Å². The van der Waals surface area contributed by atoms with Crippen LogP contribution >= 0.6 is 0 Å². The molecular weight excluding hydrogens is 214 g/mol. The summed E-state index contributed by atoms with van der Waals surface area (Å²) in [6, 6.07) is 2.12. The minimum absolute atomic E-state index is 0.0860. The highest BCUT2D eigenvalue weighted by Crippen LogP contribution is 2.19. The minimum atomic E-state index is -0.213. The monoisotopic (exact) mass is 231 g/mol. The maximum absolute atomic E-state index is 11.8. The van der Waals surface area contributed by atoms with E-state index in [0.717, 1.165) is 16.6 Å². The molecule has 0 saturated heterocycles. The lowest BCUT2D eigenvalue weighted by Gasteiger charge is -2.14. The van der Waals surface area contributed by atoms with E-state index in [1.54, 1.807) is 10.8 Å². The molecule has 0 atom stereocenters. The van der Waals surface area contributed by atoms with Crippen LogP contribution in [0.5, 0.6) is 0 Å². The second-order valence-electron chi connectivity index (χ2n) is 4.83. The van der Waals surface area contributed by atoms with Gasteiger partial charge in [0, 0.05) is 12.2 Å². The second-order valence-corrected chi connectivity index (χ2v) is 4.83. The Morgan fingerprint density at radius 2 is 1.82 bits per heavy atom. The highest BCUT2D eigenvalue weighted by molar-refractivity contribution is 5.74. The lowest BCUT2D eigenvalue weighted by Crippen LogP contribution is -2.24. The van der Waals surface area contributed by atoms with Gasteiger partial charge in [0.2, 0.25) is 0 Å². The lowest BCUT2D eigenvalue weighted by atomic mass is 10.1. The van der Waals surface area contributed by atoms with Gasteiger partial charge in [0.15, 0.2) is 0 Å². The number of hydrogen-bond acceptors (Lipinski definition) is 3. The molecule has 0 unspecified atom stereocenters. The van der Waals surface area contributed by atoms with Crippen molar-refractivity contribution in [2.24, 2.45) is 0 Å². The van der Waals surface area contributed by atoms with Crippen molar-refractivity contribution in [3.63, 3.8) is 0 Å². The fourth-order valence-electron chi connectivity index (χ4n) is 1.87. The normalized spacial score (nSPS) is 11.6. The smallest absolute Gasteiger partial charge is 0.288 e. The summed E-state index contributed by atoms with van der Waals surface area (Å²) in [5.74, 6) is 0.399. The number of rotatable bonds is 2. The van der Waals surface area contributed by atoms with Crippen LogP contribution in [0.4, 0.5) is 0 Å². The van der Waals surface area contributed by atoms with E-state index in [4.69, 9.17) is 0 Å². The first-order valence-corrected chi connectivity index (χ1v) is 5.88. The predicted octanol–water partition coefficient (Wildman–Crippen LogP) is 2.50. The standard InChI is InChI=1S/C13H17N3O/c1-8(2)10-5-12-11(14-6-10)7-15-13(17)16(12)9(3)4/h5-9H,1-4H3. The molecule has 4 heteroatoms. The van der Waals surface area contributed by atoms with Crippen molar-refractivity contribution in [3.05, 3.63) is 34.5 Å². The average Bonchev–Trinajstić information content (AvgIpc) is 2.27. The molecule has 0 fully saturated rings. The molecule has 0 bridgehead atoms. The third kappa shape index (κ3) is 2.07. The third-order valence-corrected chi connectivity index (χ3v) is 2.86. The minimum Gasteiger partial charge on any atom is -0.288 e. The molecule has 0 aliphatic heterocycles. The molecule has 2 heterocycles. The molecule has 0 N–H and O–H groups in total. The highest BCUT2D eigenvalue weighted by Gasteiger charge is 2.10. The average molecular weight is 231 g/mol. The molecule has 0 aliphatic rings. The summed E-state index contributed by atoms with van der Waals surface area (Å²) < 4.78 is 1.69. The Hall–Kier alpha value is -1.71. The lowest BCUT2D eigenvalue weighted by molar-refractivity contribution is 0.585. The topological polar surface area (TPSA) is 47.8 Å². The van der Waals surface area contributed by atoms with Crippen LogP contribution in [0.3, 0.4) is 0 Å². The van der Waals surface area contributed by atoms with Crippen LogP contribution in [-0.2, 0) is 0 Å². The number of pyridine rings is 1. The predicted molar refractivity (Wildman–Crippen MR) is 68.3 cm³/mol. The molecule has 4 nitrogen and oxygen atoms in total. The summed E-state index contributed by atoms with van der Waals surface area (Å²) in [4.78, 5) is 20.0. The Kier molecular flexibility index (Phi) is 2.96. The molecule has 0 aliphatic carbocycles. The number of aromatic nitrogens is 3. The van der Waals surface area contributed by atoms with Gasteiger partial charge in [-0.25, -0.2) is 4.79 Å². The van der Waals surface area contributed by atoms with Crippen molar-refractivity contribution < 1.29 is 0 Å².